The van der Waals surface area contributed by atoms with Crippen LogP contribution in [0.5, 0.6) is 0 Å². The predicted octanol–water partition coefficient (Wildman–Crippen LogP) is 1.25. The number of aliphatic carboxylic acids is 1. The Morgan fingerprint density at radius 1 is 1.05 bits per heavy atom. The van der Waals surface area contributed by atoms with Crippen LogP contribution in [0.2, 0.25) is 0 Å². The number of hydrogen-bond donors (Lipinski definition) is 2. The Morgan fingerprint density at radius 3 is 2.05 bits per heavy atom. The molecule has 0 saturated carbocycles. The quantitative estimate of drug-likeness (QED) is 0.616. The summed E-state index contributed by atoms with van der Waals surface area (Å²) in [6, 6.07) is 14.9. The Labute approximate surface area is 128 Å². The molecule has 0 unspecified atom stereocenters. The number of carboxylic acid groups (broad SMARTS) is 1. The van der Waals surface area contributed by atoms with Crippen LogP contribution in [0.3, 0.4) is 0 Å². The third kappa shape index (κ3) is 3.51. The Morgan fingerprint density at radius 2 is 1.55 bits per heavy atom. The highest BCUT2D eigenvalue weighted by Crippen LogP contribution is 2.17. The molecule has 0 aliphatic rings. The Kier molecular flexibility index (Phi) is 4.92. The first-order chi connectivity index (χ1) is 10.4. The Bertz CT molecular complexity index is 733. The van der Waals surface area contributed by atoms with Crippen LogP contribution in [0, 0.1) is 0 Å². The molecule has 0 heterocycles. The number of nitrogens with two attached hydrogens (primary N) is 1. The molecule has 22 heavy (non-hydrogen) atoms. The third-order valence-corrected chi connectivity index (χ3v) is 4.86. The van der Waals surface area contributed by atoms with Crippen molar-refractivity contribution in [3.8, 4) is 0 Å². The number of hydrazine groups is 1. The summed E-state index contributed by atoms with van der Waals surface area (Å²) in [4.78, 5) is 11.4. The second kappa shape index (κ2) is 6.69. The maximum Gasteiger partial charge on any atom is 0.323 e. The van der Waals surface area contributed by atoms with Crippen molar-refractivity contribution in [2.24, 2.45) is 5.84 Å². The molecule has 7 heteroatoms. The molecule has 116 valence electrons. The van der Waals surface area contributed by atoms with Crippen molar-refractivity contribution in [1.29, 1.82) is 0 Å². The lowest BCUT2D eigenvalue weighted by Crippen LogP contribution is -2.50. The monoisotopic (exact) mass is 320 g/mol. The van der Waals surface area contributed by atoms with Crippen LogP contribution < -0.4 is 5.84 Å². The van der Waals surface area contributed by atoms with E-state index in [0.717, 1.165) is 0 Å². The van der Waals surface area contributed by atoms with Crippen molar-refractivity contribution >= 4 is 16.0 Å². The average molecular weight is 320 g/mol. The lowest BCUT2D eigenvalue weighted by Gasteiger charge is -2.23. The van der Waals surface area contributed by atoms with Gasteiger partial charge < -0.3 is 5.11 Å². The molecule has 2 rings (SSSR count). The molecule has 0 aliphatic heterocycles. The third-order valence-electron chi connectivity index (χ3n) is 3.18. The number of benzene rings is 2. The summed E-state index contributed by atoms with van der Waals surface area (Å²) < 4.78 is 25.2. The summed E-state index contributed by atoms with van der Waals surface area (Å²) in [5.41, 5.74) is 0.689. The van der Waals surface area contributed by atoms with Gasteiger partial charge in [-0.15, -0.1) is 4.41 Å². The number of carbonyl (C=O) groups is 1. The normalized spacial score (nSPS) is 13.0. The van der Waals surface area contributed by atoms with Gasteiger partial charge in [0.15, 0.2) is 0 Å². The Balaban J connectivity index is 2.31. The van der Waals surface area contributed by atoms with Crippen molar-refractivity contribution in [2.45, 2.75) is 17.4 Å². The zero-order valence-corrected chi connectivity index (χ0v) is 12.5. The summed E-state index contributed by atoms with van der Waals surface area (Å²) in [5.74, 6) is 4.34. The fourth-order valence-electron chi connectivity index (χ4n) is 2.01. The zero-order chi connectivity index (χ0) is 16.2. The van der Waals surface area contributed by atoms with E-state index in [1.807, 2.05) is 0 Å². The Hall–Kier alpha value is -2.22. The smallest absolute Gasteiger partial charge is 0.323 e. The minimum Gasteiger partial charge on any atom is -0.480 e. The van der Waals surface area contributed by atoms with Crippen LogP contribution in [0.15, 0.2) is 65.6 Å². The first-order valence-corrected chi connectivity index (χ1v) is 7.98. The van der Waals surface area contributed by atoms with Gasteiger partial charge in [0.1, 0.15) is 6.04 Å². The topological polar surface area (TPSA) is 101 Å². The van der Waals surface area contributed by atoms with Gasteiger partial charge in [0.25, 0.3) is 10.0 Å². The maximum absolute atomic E-state index is 12.4. The van der Waals surface area contributed by atoms with Gasteiger partial charge in [-0.3, -0.25) is 10.6 Å². The summed E-state index contributed by atoms with van der Waals surface area (Å²) in [6.07, 6.45) is -0.0151. The van der Waals surface area contributed by atoms with Crippen molar-refractivity contribution in [3.05, 3.63) is 66.2 Å². The molecule has 0 aliphatic carbocycles. The van der Waals surface area contributed by atoms with E-state index < -0.39 is 22.0 Å². The zero-order valence-electron chi connectivity index (χ0n) is 11.7. The molecule has 0 aromatic heterocycles. The van der Waals surface area contributed by atoms with Crippen LogP contribution in [-0.2, 0) is 21.2 Å². The summed E-state index contributed by atoms with van der Waals surface area (Å²) in [7, 11) is -4.07. The van der Waals surface area contributed by atoms with Gasteiger partial charge >= 0.3 is 5.97 Å². The highest BCUT2D eigenvalue weighted by Gasteiger charge is 2.33. The molecular weight excluding hydrogens is 304 g/mol. The second-order valence-corrected chi connectivity index (χ2v) is 6.53. The SMILES string of the molecule is NN([C@@H](Cc1ccccc1)C(=O)O)S(=O)(=O)c1ccccc1. The van der Waals surface area contributed by atoms with Crippen LogP contribution in [0.4, 0.5) is 0 Å². The molecule has 0 radical (unpaired) electrons. The maximum atomic E-state index is 12.4. The van der Waals surface area contributed by atoms with Gasteiger partial charge in [-0.1, -0.05) is 48.5 Å². The molecular formula is C15H16N2O4S. The van der Waals surface area contributed by atoms with E-state index in [4.69, 9.17) is 5.84 Å². The van der Waals surface area contributed by atoms with Gasteiger partial charge in [-0.25, -0.2) is 8.42 Å². The lowest BCUT2D eigenvalue weighted by atomic mass is 10.1. The number of carboxylic acids is 1. The molecule has 0 bridgehead atoms. The van der Waals surface area contributed by atoms with E-state index in [2.05, 4.69) is 0 Å². The molecule has 0 saturated heterocycles. The van der Waals surface area contributed by atoms with E-state index >= 15 is 0 Å². The van der Waals surface area contributed by atoms with Gasteiger partial charge in [0.05, 0.1) is 4.90 Å². The van der Waals surface area contributed by atoms with Crippen LogP contribution >= 0.6 is 0 Å². The molecule has 2 aromatic carbocycles. The first-order valence-electron chi connectivity index (χ1n) is 6.54. The van der Waals surface area contributed by atoms with Crippen molar-refractivity contribution in [3.63, 3.8) is 0 Å². The van der Waals surface area contributed by atoms with Crippen LogP contribution in [0.1, 0.15) is 5.56 Å². The van der Waals surface area contributed by atoms with Gasteiger partial charge in [0.2, 0.25) is 0 Å². The molecule has 6 nitrogen and oxygen atoms in total. The molecule has 1 atom stereocenters. The lowest BCUT2D eigenvalue weighted by molar-refractivity contribution is -0.141. The van der Waals surface area contributed by atoms with Gasteiger partial charge in [-0.05, 0) is 17.7 Å². The van der Waals surface area contributed by atoms with Gasteiger partial charge in [-0.2, -0.15) is 0 Å². The van der Waals surface area contributed by atoms with Crippen molar-refractivity contribution in [1.82, 2.24) is 4.41 Å². The minimum atomic E-state index is -4.07. The molecule has 3 N–H and O–H groups in total. The van der Waals surface area contributed by atoms with Crippen LogP contribution in [-0.4, -0.2) is 29.9 Å². The average Bonchev–Trinajstić information content (AvgIpc) is 2.53. The fraction of sp³-hybridized carbons (Fsp3) is 0.133. The summed E-state index contributed by atoms with van der Waals surface area (Å²) in [6.45, 7) is 0. The largest absolute Gasteiger partial charge is 0.480 e. The van der Waals surface area contributed by atoms with Gasteiger partial charge in [0, 0.05) is 6.42 Å². The fourth-order valence-corrected chi connectivity index (χ4v) is 3.25. The van der Waals surface area contributed by atoms with E-state index in [9.17, 15) is 18.3 Å². The number of hydrogen-bond acceptors (Lipinski definition) is 4. The standard InChI is InChI=1S/C15H16N2O4S/c16-17(22(20,21)13-9-5-2-6-10-13)14(15(18)19)11-12-7-3-1-4-8-12/h1-10,14H,11,16H2,(H,18,19)/t14-/m0/s1. The van der Waals surface area contributed by atoms with Crippen LogP contribution in [0.25, 0.3) is 0 Å². The van der Waals surface area contributed by atoms with E-state index in [1.54, 1.807) is 48.5 Å². The highest BCUT2D eigenvalue weighted by molar-refractivity contribution is 7.89. The number of nitrogens with zero attached hydrogens (tertiary/aromatic N) is 1. The first kappa shape index (κ1) is 16.2. The summed E-state index contributed by atoms with van der Waals surface area (Å²) >= 11 is 0. The summed E-state index contributed by atoms with van der Waals surface area (Å²) in [5, 5.41) is 9.33. The highest BCUT2D eigenvalue weighted by atomic mass is 32.2. The van der Waals surface area contributed by atoms with E-state index in [0.29, 0.717) is 9.98 Å². The number of sulfonamides is 1. The molecule has 0 fully saturated rings. The predicted molar refractivity (Wildman–Crippen MR) is 81.2 cm³/mol. The van der Waals surface area contributed by atoms with Crippen molar-refractivity contribution < 1.29 is 18.3 Å². The van der Waals surface area contributed by atoms with E-state index in [1.165, 1.54) is 12.1 Å². The molecule has 0 amide bonds. The van der Waals surface area contributed by atoms with Crippen molar-refractivity contribution in [2.75, 3.05) is 0 Å². The minimum absolute atomic E-state index is 0.0151. The second-order valence-electron chi connectivity index (χ2n) is 4.69. The number of rotatable bonds is 6. The molecule has 0 spiro atoms. The molecule has 2 aromatic rings. The van der Waals surface area contributed by atoms with E-state index in [-0.39, 0.29) is 11.3 Å².